The molecule has 0 N–H and O–H groups in total. The smallest absolute Gasteiger partial charge is 0.419 e. The lowest BCUT2D eigenvalue weighted by Crippen LogP contribution is -2.49. The molecular formula is C24H26F3N7O. The van der Waals surface area contributed by atoms with Crippen LogP contribution >= 0.6 is 0 Å². The molecule has 0 aliphatic carbocycles. The van der Waals surface area contributed by atoms with Crippen LogP contribution in [0.3, 0.4) is 0 Å². The molecule has 3 aromatic heterocycles. The molecular weight excluding hydrogens is 459 g/mol. The summed E-state index contributed by atoms with van der Waals surface area (Å²) in [5.74, 6) is 1.34. The van der Waals surface area contributed by atoms with Crippen molar-refractivity contribution in [3.05, 3.63) is 65.8 Å². The Bertz CT molecular complexity index is 1240. The van der Waals surface area contributed by atoms with E-state index >= 15 is 0 Å². The number of alkyl halides is 3. The predicted molar refractivity (Wildman–Crippen MR) is 124 cm³/mol. The van der Waals surface area contributed by atoms with Gasteiger partial charge in [0.25, 0.3) is 0 Å². The van der Waals surface area contributed by atoms with Crippen LogP contribution in [0.4, 0.5) is 19.0 Å². The molecule has 35 heavy (non-hydrogen) atoms. The number of furan rings is 1. The number of pyridine rings is 1. The van der Waals surface area contributed by atoms with Gasteiger partial charge in [-0.25, -0.2) is 9.67 Å². The van der Waals surface area contributed by atoms with Crippen molar-refractivity contribution in [2.24, 2.45) is 0 Å². The van der Waals surface area contributed by atoms with Gasteiger partial charge in [0.15, 0.2) is 5.82 Å². The second kappa shape index (κ2) is 9.65. The van der Waals surface area contributed by atoms with Gasteiger partial charge >= 0.3 is 6.18 Å². The van der Waals surface area contributed by atoms with E-state index in [1.165, 1.54) is 12.3 Å². The van der Waals surface area contributed by atoms with E-state index in [0.717, 1.165) is 29.9 Å². The number of nitrogens with zero attached hydrogens (tertiary/aromatic N) is 7. The molecule has 0 spiro atoms. The third kappa shape index (κ3) is 4.72. The molecule has 4 heterocycles. The summed E-state index contributed by atoms with van der Waals surface area (Å²) in [6.07, 6.45) is -1.13. The zero-order chi connectivity index (χ0) is 24.4. The zero-order valence-electron chi connectivity index (χ0n) is 19.3. The monoisotopic (exact) mass is 485 g/mol. The van der Waals surface area contributed by atoms with Crippen molar-refractivity contribution in [1.29, 1.82) is 0 Å². The summed E-state index contributed by atoms with van der Waals surface area (Å²) in [5, 5.41) is 13.4. The van der Waals surface area contributed by atoms with E-state index in [1.54, 1.807) is 9.58 Å². The number of hydrogen-bond acceptors (Lipinski definition) is 7. The van der Waals surface area contributed by atoms with E-state index in [2.05, 4.69) is 32.3 Å². The van der Waals surface area contributed by atoms with Crippen LogP contribution < -0.4 is 4.90 Å². The van der Waals surface area contributed by atoms with Crippen LogP contribution in [-0.4, -0.2) is 56.3 Å². The lowest BCUT2D eigenvalue weighted by molar-refractivity contribution is -0.137. The molecule has 1 unspecified atom stereocenters. The Hall–Kier alpha value is -3.47. The van der Waals surface area contributed by atoms with Crippen molar-refractivity contribution >= 4 is 16.8 Å². The number of benzene rings is 1. The molecule has 1 saturated heterocycles. The molecule has 0 radical (unpaired) electrons. The van der Waals surface area contributed by atoms with Gasteiger partial charge in [-0.3, -0.25) is 4.90 Å². The molecule has 0 saturated carbocycles. The van der Waals surface area contributed by atoms with Gasteiger partial charge < -0.3 is 9.32 Å². The second-order valence-electron chi connectivity index (χ2n) is 8.60. The average Bonchev–Trinajstić information content (AvgIpc) is 3.50. The molecule has 1 aliphatic rings. The lowest BCUT2D eigenvalue weighted by Gasteiger charge is -2.39. The van der Waals surface area contributed by atoms with E-state index < -0.39 is 11.7 Å². The third-order valence-electron chi connectivity index (χ3n) is 6.31. The quantitative estimate of drug-likeness (QED) is 0.380. The van der Waals surface area contributed by atoms with Gasteiger partial charge in [0, 0.05) is 44.3 Å². The minimum Gasteiger partial charge on any atom is -0.459 e. The maximum atomic E-state index is 13.5. The number of anilines is 1. The minimum absolute atomic E-state index is 0.0345. The van der Waals surface area contributed by atoms with Crippen molar-refractivity contribution in [2.45, 2.75) is 38.5 Å². The van der Waals surface area contributed by atoms with E-state index in [-0.39, 0.29) is 11.9 Å². The highest BCUT2D eigenvalue weighted by molar-refractivity contribution is 5.77. The zero-order valence-corrected chi connectivity index (χ0v) is 19.3. The molecule has 184 valence electrons. The number of tetrazole rings is 1. The Kier molecular flexibility index (Phi) is 6.42. The molecule has 1 aromatic carbocycles. The first-order valence-electron chi connectivity index (χ1n) is 11.7. The van der Waals surface area contributed by atoms with Gasteiger partial charge in [0.2, 0.25) is 0 Å². The van der Waals surface area contributed by atoms with Crippen molar-refractivity contribution in [3.8, 4) is 0 Å². The minimum atomic E-state index is -4.46. The Balaban J connectivity index is 1.45. The summed E-state index contributed by atoms with van der Waals surface area (Å²) in [5.41, 5.74) is 0.0489. The molecule has 4 aromatic rings. The van der Waals surface area contributed by atoms with Crippen LogP contribution in [0.25, 0.3) is 11.0 Å². The molecule has 5 rings (SSSR count). The summed E-state index contributed by atoms with van der Waals surface area (Å²) >= 11 is 0. The lowest BCUT2D eigenvalue weighted by atomic mass is 10.1. The third-order valence-corrected chi connectivity index (χ3v) is 6.31. The Morgan fingerprint density at radius 1 is 1.06 bits per heavy atom. The number of piperazine rings is 1. The van der Waals surface area contributed by atoms with Crippen LogP contribution in [0, 0.1) is 0 Å². The highest BCUT2D eigenvalue weighted by atomic mass is 19.4. The number of para-hydroxylation sites is 1. The number of aromatic nitrogens is 5. The van der Waals surface area contributed by atoms with E-state index in [4.69, 9.17) is 4.42 Å². The Morgan fingerprint density at radius 2 is 1.86 bits per heavy atom. The summed E-state index contributed by atoms with van der Waals surface area (Å²) in [4.78, 5) is 7.91. The maximum Gasteiger partial charge on any atom is 0.419 e. The van der Waals surface area contributed by atoms with Gasteiger partial charge in [0.1, 0.15) is 23.2 Å². The predicted octanol–water partition coefficient (Wildman–Crippen LogP) is 4.54. The Morgan fingerprint density at radius 3 is 2.60 bits per heavy atom. The van der Waals surface area contributed by atoms with Crippen molar-refractivity contribution < 1.29 is 17.6 Å². The van der Waals surface area contributed by atoms with Gasteiger partial charge in [-0.05, 0) is 41.1 Å². The van der Waals surface area contributed by atoms with Gasteiger partial charge in [-0.1, -0.05) is 31.5 Å². The van der Waals surface area contributed by atoms with Gasteiger partial charge in [-0.15, -0.1) is 5.10 Å². The van der Waals surface area contributed by atoms with Gasteiger partial charge in [-0.2, -0.15) is 13.2 Å². The van der Waals surface area contributed by atoms with Crippen LogP contribution in [0.5, 0.6) is 0 Å². The molecule has 8 nitrogen and oxygen atoms in total. The first kappa shape index (κ1) is 23.3. The molecule has 1 fully saturated rings. The number of halogens is 3. The molecule has 11 heteroatoms. The summed E-state index contributed by atoms with van der Waals surface area (Å²) in [7, 11) is 0. The van der Waals surface area contributed by atoms with Crippen LogP contribution in [0.2, 0.25) is 0 Å². The molecule has 1 atom stereocenters. The fourth-order valence-corrected chi connectivity index (χ4v) is 4.54. The van der Waals surface area contributed by atoms with Crippen LogP contribution in [0.1, 0.15) is 43.0 Å². The van der Waals surface area contributed by atoms with Crippen molar-refractivity contribution in [3.63, 3.8) is 0 Å². The van der Waals surface area contributed by atoms with Crippen LogP contribution in [0.15, 0.2) is 53.1 Å². The summed E-state index contributed by atoms with van der Waals surface area (Å²) in [6.45, 7) is 4.54. The van der Waals surface area contributed by atoms with Crippen LogP contribution in [-0.2, 0) is 12.7 Å². The highest BCUT2D eigenvalue weighted by Gasteiger charge is 2.38. The number of aryl methyl sites for hydroxylation is 1. The Labute approximate surface area is 200 Å². The first-order chi connectivity index (χ1) is 17.0. The van der Waals surface area contributed by atoms with E-state index in [0.29, 0.717) is 44.3 Å². The standard InChI is InChI=1S/C24H26F3N7O/c1-2-3-11-34-23(29-30-31-34)21(20-16-17-7-4-5-9-19(17)35-20)32-12-14-33(15-13-32)22-18(24(25,26)27)8-6-10-28-22/h4-10,16,21H,2-3,11-15H2,1H3. The second-order valence-corrected chi connectivity index (χ2v) is 8.60. The topological polar surface area (TPSA) is 76.1 Å². The number of fused-ring (bicyclic) bond motifs is 1. The average molecular weight is 486 g/mol. The fourth-order valence-electron chi connectivity index (χ4n) is 4.54. The maximum absolute atomic E-state index is 13.5. The number of rotatable bonds is 7. The number of unbranched alkanes of at least 4 members (excludes halogenated alkanes) is 1. The van der Waals surface area contributed by atoms with E-state index in [9.17, 15) is 13.2 Å². The summed E-state index contributed by atoms with van der Waals surface area (Å²) < 4.78 is 48.7. The first-order valence-corrected chi connectivity index (χ1v) is 11.7. The molecule has 0 amide bonds. The largest absolute Gasteiger partial charge is 0.459 e. The fraction of sp³-hybridized carbons (Fsp3) is 0.417. The highest BCUT2D eigenvalue weighted by Crippen LogP contribution is 2.37. The number of hydrogen-bond donors (Lipinski definition) is 0. The molecule has 0 bridgehead atoms. The van der Waals surface area contributed by atoms with Gasteiger partial charge in [0.05, 0.1) is 5.56 Å². The summed E-state index contributed by atoms with van der Waals surface area (Å²) in [6, 6.07) is 11.8. The normalized spacial score (nSPS) is 16.2. The van der Waals surface area contributed by atoms with Crippen molar-refractivity contribution in [2.75, 3.05) is 31.1 Å². The molecule has 1 aliphatic heterocycles. The SMILES string of the molecule is CCCCn1nnnc1C(c1cc2ccccc2o1)N1CCN(c2ncccc2C(F)(F)F)CC1. The van der Waals surface area contributed by atoms with E-state index in [1.807, 2.05) is 30.3 Å². The van der Waals surface area contributed by atoms with Crippen molar-refractivity contribution in [1.82, 2.24) is 30.1 Å².